The minimum atomic E-state index is 0.188. The molecule has 2 aromatic rings. The lowest BCUT2D eigenvalue weighted by Gasteiger charge is -2.35. The molecule has 6 nitrogen and oxygen atoms in total. The summed E-state index contributed by atoms with van der Waals surface area (Å²) in [6, 6.07) is 12.2. The van der Waals surface area contributed by atoms with Gasteiger partial charge in [0.2, 0.25) is 11.8 Å². The number of rotatable bonds is 5. The molecule has 6 heteroatoms. The Morgan fingerprint density at radius 1 is 0.833 bits per heavy atom. The molecule has 4 rings (SSSR count). The van der Waals surface area contributed by atoms with Crippen LogP contribution in [0.1, 0.15) is 24.8 Å². The lowest BCUT2D eigenvalue weighted by atomic mass is 9.92. The number of piperidine rings is 1. The van der Waals surface area contributed by atoms with E-state index in [4.69, 9.17) is 0 Å². The minimum Gasteiger partial charge on any atom is -0.342 e. The van der Waals surface area contributed by atoms with Crippen LogP contribution in [0.15, 0.2) is 48.8 Å². The van der Waals surface area contributed by atoms with Crippen LogP contribution >= 0.6 is 0 Å². The highest BCUT2D eigenvalue weighted by atomic mass is 16.2. The first-order valence-electron chi connectivity index (χ1n) is 11.0. The summed E-state index contributed by atoms with van der Waals surface area (Å²) in [5, 5.41) is 0. The third kappa shape index (κ3) is 5.11. The first-order chi connectivity index (χ1) is 14.6. The van der Waals surface area contributed by atoms with Gasteiger partial charge < -0.3 is 19.3 Å². The standard InChI is InChI=1S/C24H32N4O2/c1-25-14-16-28(17-15-25)24(30)19-21-8-12-27(13-9-21)23(29)18-20-4-6-22(7-5-20)26-10-2-3-11-26/h2-7,10-11,21H,8-9,12-19H2,1H3. The van der Waals surface area contributed by atoms with E-state index >= 15 is 0 Å². The Morgan fingerprint density at radius 2 is 1.43 bits per heavy atom. The van der Waals surface area contributed by atoms with Gasteiger partial charge in [0.25, 0.3) is 0 Å². The fraction of sp³-hybridized carbons (Fsp3) is 0.500. The van der Waals surface area contributed by atoms with E-state index in [0.717, 1.165) is 63.4 Å². The summed E-state index contributed by atoms with van der Waals surface area (Å²) < 4.78 is 2.06. The number of aromatic nitrogens is 1. The molecule has 3 heterocycles. The van der Waals surface area contributed by atoms with Gasteiger partial charge in [0.15, 0.2) is 0 Å². The molecule has 0 spiro atoms. The largest absolute Gasteiger partial charge is 0.342 e. The summed E-state index contributed by atoms with van der Waals surface area (Å²) in [4.78, 5) is 31.5. The van der Waals surface area contributed by atoms with Crippen LogP contribution in [0.4, 0.5) is 0 Å². The third-order valence-corrected chi connectivity index (χ3v) is 6.48. The predicted molar refractivity (Wildman–Crippen MR) is 117 cm³/mol. The highest BCUT2D eigenvalue weighted by molar-refractivity contribution is 5.79. The Balaban J connectivity index is 1.22. The topological polar surface area (TPSA) is 48.8 Å². The van der Waals surface area contributed by atoms with Gasteiger partial charge in [0.1, 0.15) is 0 Å². The number of piperazine rings is 1. The predicted octanol–water partition coefficient (Wildman–Crippen LogP) is 2.42. The van der Waals surface area contributed by atoms with Crippen molar-refractivity contribution in [3.05, 3.63) is 54.4 Å². The molecule has 0 radical (unpaired) electrons. The maximum Gasteiger partial charge on any atom is 0.226 e. The molecule has 0 bridgehead atoms. The fourth-order valence-corrected chi connectivity index (χ4v) is 4.40. The average Bonchev–Trinajstić information content (AvgIpc) is 3.30. The van der Waals surface area contributed by atoms with Gasteiger partial charge in [-0.1, -0.05) is 12.1 Å². The van der Waals surface area contributed by atoms with Gasteiger partial charge in [-0.3, -0.25) is 9.59 Å². The summed E-state index contributed by atoms with van der Waals surface area (Å²) in [6.45, 7) is 5.14. The van der Waals surface area contributed by atoms with E-state index in [1.807, 2.05) is 46.5 Å². The van der Waals surface area contributed by atoms with Crippen molar-refractivity contribution >= 4 is 11.8 Å². The number of carbonyl (C=O) groups is 2. The van der Waals surface area contributed by atoms with Gasteiger partial charge in [-0.2, -0.15) is 0 Å². The zero-order chi connectivity index (χ0) is 20.9. The van der Waals surface area contributed by atoms with Crippen LogP contribution in [-0.2, 0) is 16.0 Å². The number of benzene rings is 1. The number of nitrogens with zero attached hydrogens (tertiary/aromatic N) is 4. The second-order valence-electron chi connectivity index (χ2n) is 8.65. The maximum atomic E-state index is 12.7. The van der Waals surface area contributed by atoms with Crippen LogP contribution in [0, 0.1) is 5.92 Å². The van der Waals surface area contributed by atoms with E-state index in [9.17, 15) is 9.59 Å². The molecule has 2 amide bonds. The lowest BCUT2D eigenvalue weighted by Crippen LogP contribution is -2.48. The van der Waals surface area contributed by atoms with Crippen LogP contribution in [0.5, 0.6) is 0 Å². The molecule has 1 aromatic heterocycles. The van der Waals surface area contributed by atoms with E-state index in [1.165, 1.54) is 0 Å². The highest BCUT2D eigenvalue weighted by Gasteiger charge is 2.27. The monoisotopic (exact) mass is 408 g/mol. The first kappa shape index (κ1) is 20.7. The minimum absolute atomic E-state index is 0.188. The number of hydrogen-bond donors (Lipinski definition) is 0. The fourth-order valence-electron chi connectivity index (χ4n) is 4.40. The van der Waals surface area contributed by atoms with Crippen molar-refractivity contribution in [2.24, 2.45) is 5.92 Å². The molecule has 1 aromatic carbocycles. The van der Waals surface area contributed by atoms with Crippen molar-refractivity contribution in [1.82, 2.24) is 19.3 Å². The third-order valence-electron chi connectivity index (χ3n) is 6.48. The van der Waals surface area contributed by atoms with Gasteiger partial charge in [-0.05, 0) is 55.6 Å². The van der Waals surface area contributed by atoms with Crippen LogP contribution in [0.2, 0.25) is 0 Å². The SMILES string of the molecule is CN1CCN(C(=O)CC2CCN(C(=O)Cc3ccc(-n4cccc4)cc3)CC2)CC1. The normalized spacial score (nSPS) is 18.6. The van der Waals surface area contributed by atoms with E-state index in [-0.39, 0.29) is 11.8 Å². The van der Waals surface area contributed by atoms with E-state index in [0.29, 0.717) is 18.8 Å². The van der Waals surface area contributed by atoms with Crippen molar-refractivity contribution in [1.29, 1.82) is 0 Å². The van der Waals surface area contributed by atoms with Gasteiger partial charge in [-0.15, -0.1) is 0 Å². The number of hydrogen-bond acceptors (Lipinski definition) is 3. The molecule has 0 N–H and O–H groups in total. The molecule has 30 heavy (non-hydrogen) atoms. The molecule has 2 saturated heterocycles. The zero-order valence-electron chi connectivity index (χ0n) is 17.9. The van der Waals surface area contributed by atoms with Gasteiger partial charge >= 0.3 is 0 Å². The lowest BCUT2D eigenvalue weighted by molar-refractivity contribution is -0.134. The summed E-state index contributed by atoms with van der Waals surface area (Å²) in [5.74, 6) is 0.880. The Hall–Kier alpha value is -2.60. The van der Waals surface area contributed by atoms with E-state index in [2.05, 4.69) is 28.6 Å². The van der Waals surface area contributed by atoms with Crippen molar-refractivity contribution in [3.63, 3.8) is 0 Å². The van der Waals surface area contributed by atoms with E-state index in [1.54, 1.807) is 0 Å². The molecule has 2 aliphatic heterocycles. The number of amides is 2. The Kier molecular flexibility index (Phi) is 6.53. The summed E-state index contributed by atoms with van der Waals surface area (Å²) in [6.07, 6.45) is 6.95. The van der Waals surface area contributed by atoms with E-state index < -0.39 is 0 Å². The Bertz CT molecular complexity index is 831. The van der Waals surface area contributed by atoms with Gasteiger partial charge in [-0.25, -0.2) is 0 Å². The molecule has 0 saturated carbocycles. The van der Waals surface area contributed by atoms with Crippen molar-refractivity contribution < 1.29 is 9.59 Å². The summed E-state index contributed by atoms with van der Waals surface area (Å²) in [7, 11) is 2.10. The molecule has 2 fully saturated rings. The second kappa shape index (κ2) is 9.47. The summed E-state index contributed by atoms with van der Waals surface area (Å²) >= 11 is 0. The Morgan fingerprint density at radius 3 is 2.07 bits per heavy atom. The van der Waals surface area contributed by atoms with Crippen LogP contribution in [-0.4, -0.2) is 77.4 Å². The quantitative estimate of drug-likeness (QED) is 0.764. The maximum absolute atomic E-state index is 12.7. The molecular weight excluding hydrogens is 376 g/mol. The number of likely N-dealkylation sites (N-methyl/N-ethyl adjacent to an activating group) is 1. The van der Waals surface area contributed by atoms with Gasteiger partial charge in [0, 0.05) is 63.8 Å². The molecule has 0 atom stereocenters. The zero-order valence-corrected chi connectivity index (χ0v) is 17.9. The summed E-state index contributed by atoms with van der Waals surface area (Å²) in [5.41, 5.74) is 2.14. The first-order valence-corrected chi connectivity index (χ1v) is 11.0. The van der Waals surface area contributed by atoms with Crippen molar-refractivity contribution in [2.45, 2.75) is 25.7 Å². The van der Waals surface area contributed by atoms with Crippen molar-refractivity contribution in [2.75, 3.05) is 46.3 Å². The second-order valence-corrected chi connectivity index (χ2v) is 8.65. The van der Waals surface area contributed by atoms with Gasteiger partial charge in [0.05, 0.1) is 6.42 Å². The van der Waals surface area contributed by atoms with Crippen LogP contribution in [0.3, 0.4) is 0 Å². The number of carbonyl (C=O) groups excluding carboxylic acids is 2. The average molecular weight is 409 g/mol. The molecule has 0 aliphatic carbocycles. The van der Waals surface area contributed by atoms with Crippen molar-refractivity contribution in [3.8, 4) is 5.69 Å². The highest BCUT2D eigenvalue weighted by Crippen LogP contribution is 2.22. The molecule has 0 unspecified atom stereocenters. The molecular formula is C24H32N4O2. The Labute approximate surface area is 179 Å². The molecule has 160 valence electrons. The van der Waals surface area contributed by atoms with Crippen LogP contribution < -0.4 is 0 Å². The molecule has 2 aliphatic rings. The van der Waals surface area contributed by atoms with Crippen LogP contribution in [0.25, 0.3) is 5.69 Å². The number of likely N-dealkylation sites (tertiary alicyclic amines) is 1. The smallest absolute Gasteiger partial charge is 0.226 e.